The minimum atomic E-state index is 0.326. The third-order valence-electron chi connectivity index (χ3n) is 3.79. The van der Waals surface area contributed by atoms with Crippen LogP contribution in [0, 0.1) is 0 Å². The molecule has 0 aliphatic carbocycles. The molecule has 0 amide bonds. The van der Waals surface area contributed by atoms with Gasteiger partial charge in [-0.15, -0.1) is 10.2 Å². The molecule has 122 valence electrons. The van der Waals surface area contributed by atoms with Crippen molar-refractivity contribution in [3.8, 4) is 22.8 Å². The molecule has 5 nitrogen and oxygen atoms in total. The molecule has 0 radical (unpaired) electrons. The van der Waals surface area contributed by atoms with E-state index in [1.165, 1.54) is 0 Å². The highest BCUT2D eigenvalue weighted by Gasteiger charge is 2.15. The van der Waals surface area contributed by atoms with Gasteiger partial charge in [0, 0.05) is 18.0 Å². The van der Waals surface area contributed by atoms with Gasteiger partial charge in [0.15, 0.2) is 11.6 Å². The molecular weight excluding hydrogens is 312 g/mol. The van der Waals surface area contributed by atoms with Crippen LogP contribution in [-0.4, -0.2) is 19.7 Å². The zero-order valence-corrected chi connectivity index (χ0v) is 13.5. The first-order valence-corrected chi connectivity index (χ1v) is 8.00. The number of benzene rings is 2. The van der Waals surface area contributed by atoms with Gasteiger partial charge in [-0.1, -0.05) is 48.5 Å². The first-order valence-electron chi connectivity index (χ1n) is 8.00. The van der Waals surface area contributed by atoms with E-state index in [1.54, 1.807) is 12.4 Å². The van der Waals surface area contributed by atoms with Crippen molar-refractivity contribution in [2.24, 2.45) is 0 Å². The second-order valence-corrected chi connectivity index (χ2v) is 5.45. The largest absolute Gasteiger partial charge is 0.486 e. The molecule has 25 heavy (non-hydrogen) atoms. The molecule has 2 heterocycles. The van der Waals surface area contributed by atoms with Crippen molar-refractivity contribution in [1.29, 1.82) is 0 Å². The summed E-state index contributed by atoms with van der Waals surface area (Å²) in [6.07, 6.45) is 3.51. The lowest BCUT2D eigenvalue weighted by Gasteiger charge is -2.11. The third kappa shape index (κ3) is 3.26. The van der Waals surface area contributed by atoms with Crippen LogP contribution in [-0.2, 0) is 6.61 Å². The fraction of sp³-hybridized carbons (Fsp3) is 0.0500. The van der Waals surface area contributed by atoms with E-state index in [2.05, 4.69) is 15.2 Å². The van der Waals surface area contributed by atoms with Gasteiger partial charge in [-0.05, 0) is 24.3 Å². The van der Waals surface area contributed by atoms with Crippen LogP contribution in [0.1, 0.15) is 5.82 Å². The lowest BCUT2D eigenvalue weighted by Crippen LogP contribution is -2.07. The maximum Gasteiger partial charge on any atom is 0.175 e. The van der Waals surface area contributed by atoms with E-state index in [0.29, 0.717) is 6.61 Å². The Morgan fingerprint density at radius 2 is 1.44 bits per heavy atom. The summed E-state index contributed by atoms with van der Waals surface area (Å²) < 4.78 is 7.86. The minimum absolute atomic E-state index is 0.326. The molecule has 0 saturated carbocycles. The second-order valence-electron chi connectivity index (χ2n) is 5.45. The predicted octanol–water partition coefficient (Wildman–Crippen LogP) is 3.91. The zero-order valence-electron chi connectivity index (χ0n) is 13.5. The summed E-state index contributed by atoms with van der Waals surface area (Å²) in [7, 11) is 0. The lowest BCUT2D eigenvalue weighted by molar-refractivity contribution is 0.293. The molecule has 0 unspecified atom stereocenters. The van der Waals surface area contributed by atoms with E-state index in [4.69, 9.17) is 4.74 Å². The van der Waals surface area contributed by atoms with Crippen molar-refractivity contribution in [1.82, 2.24) is 19.7 Å². The molecule has 0 spiro atoms. The highest BCUT2D eigenvalue weighted by molar-refractivity contribution is 5.58. The maximum absolute atomic E-state index is 5.86. The average Bonchev–Trinajstić information content (AvgIpc) is 3.12. The first kappa shape index (κ1) is 15.1. The van der Waals surface area contributed by atoms with E-state index in [1.807, 2.05) is 77.4 Å². The molecule has 0 aliphatic heterocycles. The Labute approximate surface area is 145 Å². The molecule has 4 aromatic rings. The van der Waals surface area contributed by atoms with Gasteiger partial charge in [-0.2, -0.15) is 0 Å². The molecular formula is C20H16N4O. The van der Waals surface area contributed by atoms with Crippen molar-refractivity contribution < 1.29 is 4.74 Å². The maximum atomic E-state index is 5.86. The Balaban J connectivity index is 1.73. The predicted molar refractivity (Wildman–Crippen MR) is 95.4 cm³/mol. The Bertz CT molecular complexity index is 937. The first-order chi connectivity index (χ1) is 12.4. The van der Waals surface area contributed by atoms with Crippen LogP contribution in [0.3, 0.4) is 0 Å². The van der Waals surface area contributed by atoms with Gasteiger partial charge >= 0.3 is 0 Å². The Morgan fingerprint density at radius 3 is 2.16 bits per heavy atom. The van der Waals surface area contributed by atoms with Crippen LogP contribution in [0.25, 0.3) is 17.1 Å². The zero-order chi connectivity index (χ0) is 16.9. The Kier molecular flexibility index (Phi) is 4.20. The second kappa shape index (κ2) is 6.97. The minimum Gasteiger partial charge on any atom is -0.486 e. The number of aromatic nitrogens is 4. The fourth-order valence-electron chi connectivity index (χ4n) is 2.61. The van der Waals surface area contributed by atoms with Crippen molar-refractivity contribution in [2.75, 3.05) is 0 Å². The van der Waals surface area contributed by atoms with E-state index >= 15 is 0 Å². The summed E-state index contributed by atoms with van der Waals surface area (Å²) in [5.74, 6) is 2.31. The van der Waals surface area contributed by atoms with Crippen LogP contribution in [0.2, 0.25) is 0 Å². The average molecular weight is 328 g/mol. The highest BCUT2D eigenvalue weighted by atomic mass is 16.5. The molecule has 0 saturated heterocycles. The summed E-state index contributed by atoms with van der Waals surface area (Å²) >= 11 is 0. The number of pyridine rings is 1. The molecule has 5 heteroatoms. The number of hydrogen-bond donors (Lipinski definition) is 0. The fourth-order valence-corrected chi connectivity index (χ4v) is 2.61. The lowest BCUT2D eigenvalue weighted by atomic mass is 10.2. The van der Waals surface area contributed by atoms with Gasteiger partial charge in [-0.3, -0.25) is 9.55 Å². The number of nitrogens with zero attached hydrogens (tertiary/aromatic N) is 4. The van der Waals surface area contributed by atoms with Crippen molar-refractivity contribution >= 4 is 0 Å². The van der Waals surface area contributed by atoms with Gasteiger partial charge in [0.05, 0.1) is 5.69 Å². The molecule has 0 bridgehead atoms. The summed E-state index contributed by atoms with van der Waals surface area (Å²) in [5.41, 5.74) is 1.95. The van der Waals surface area contributed by atoms with Crippen LogP contribution in [0.5, 0.6) is 5.75 Å². The van der Waals surface area contributed by atoms with Crippen LogP contribution in [0.15, 0.2) is 85.2 Å². The van der Waals surface area contributed by atoms with Crippen LogP contribution < -0.4 is 4.74 Å². The monoisotopic (exact) mass is 328 g/mol. The van der Waals surface area contributed by atoms with Crippen LogP contribution >= 0.6 is 0 Å². The van der Waals surface area contributed by atoms with E-state index in [0.717, 1.165) is 28.6 Å². The number of ether oxygens (including phenoxy) is 1. The number of rotatable bonds is 5. The topological polar surface area (TPSA) is 52.8 Å². The van der Waals surface area contributed by atoms with E-state index in [9.17, 15) is 0 Å². The quantitative estimate of drug-likeness (QED) is 0.557. The van der Waals surface area contributed by atoms with Gasteiger partial charge < -0.3 is 4.74 Å². The standard InChI is InChI=1S/C20H16N4O/c1-3-7-16(8-4-1)20-23-22-19(15-25-18-9-5-2-6-10-18)24(20)17-11-13-21-14-12-17/h1-14H,15H2. The van der Waals surface area contributed by atoms with Crippen molar-refractivity contribution in [3.63, 3.8) is 0 Å². The molecule has 2 aromatic carbocycles. The van der Waals surface area contributed by atoms with Crippen molar-refractivity contribution in [3.05, 3.63) is 91.0 Å². The molecule has 0 aliphatic rings. The molecule has 4 rings (SSSR count). The van der Waals surface area contributed by atoms with Crippen molar-refractivity contribution in [2.45, 2.75) is 6.61 Å². The Hall–Kier alpha value is -3.47. The summed E-state index contributed by atoms with van der Waals surface area (Å²) in [6.45, 7) is 0.326. The van der Waals surface area contributed by atoms with E-state index < -0.39 is 0 Å². The normalized spacial score (nSPS) is 10.6. The van der Waals surface area contributed by atoms with Gasteiger partial charge in [0.2, 0.25) is 0 Å². The summed E-state index contributed by atoms with van der Waals surface area (Å²) in [6, 6.07) is 23.5. The Morgan fingerprint density at radius 1 is 0.760 bits per heavy atom. The molecule has 0 N–H and O–H groups in total. The van der Waals surface area contributed by atoms with Gasteiger partial charge in [0.1, 0.15) is 12.4 Å². The number of hydrogen-bond acceptors (Lipinski definition) is 4. The van der Waals surface area contributed by atoms with E-state index in [-0.39, 0.29) is 0 Å². The molecule has 0 atom stereocenters. The number of para-hydroxylation sites is 1. The van der Waals surface area contributed by atoms with Gasteiger partial charge in [0.25, 0.3) is 0 Å². The van der Waals surface area contributed by atoms with Gasteiger partial charge in [-0.25, -0.2) is 0 Å². The summed E-state index contributed by atoms with van der Waals surface area (Å²) in [4.78, 5) is 4.10. The third-order valence-corrected chi connectivity index (χ3v) is 3.79. The SMILES string of the molecule is c1ccc(OCc2nnc(-c3ccccc3)n2-c2ccncc2)cc1. The van der Waals surface area contributed by atoms with Crippen LogP contribution in [0.4, 0.5) is 0 Å². The highest BCUT2D eigenvalue weighted by Crippen LogP contribution is 2.23. The summed E-state index contributed by atoms with van der Waals surface area (Å²) in [5, 5.41) is 8.74. The molecule has 0 fully saturated rings. The smallest absolute Gasteiger partial charge is 0.175 e. The molecule has 2 aromatic heterocycles.